The Bertz CT molecular complexity index is 3310. The Balaban J connectivity index is -0.000000503. The number of carbonyl (C=O) groups is 8. The highest BCUT2D eigenvalue weighted by Crippen LogP contribution is 2.09. The number of carboxylic acids is 1. The summed E-state index contributed by atoms with van der Waals surface area (Å²) in [5.41, 5.74) is 18.8. The second-order valence-corrected chi connectivity index (χ2v) is 29.6. The minimum absolute atomic E-state index is 0.00448. The molecule has 0 unspecified atom stereocenters. The standard InChI is InChI=1S/C18H27NO6.C16H23NO6.C14H30N2O7.C14H19NO6.C12H17NO4.C8H19NO4.C6H14.C4H11NO2.C4H10/c1-18(2,3)25-16(20)14-23-12-11-22-10-9-19-17(21)24-13-15-7-5-4-6-8-15;1-2-22-15(18)13-21-11-10-20-9-8-17-16(19)23-12-14-6-4-3-5-7-14;1-18-14(19-2)12-23-10-8-21-6-4-16-13(17)11-22-9-7-20-5-3-15;16-13(17)11-20-9-8-19-7-6-15-14(18)21-10-12-4-2-1-3-5-12;14-7-9-16-8-6-13-12(15)17-10-11-4-2-1-3-5-11;1-10-8(11-2)7-13-6-5-12-4-3-9;1-4-6(3)5-2;5-1-3-7-4-2-6;1-4(2)3/h4-8H,9-14H2,1-3H3,(H,19,21);3-7H,2,8-13H2,1H3,(H,17,19);14H,3-12,15H2,1-2H3,(H,16,17);1-5H,6-11H2,(H,15,18)(H,16,17);1-5,14H,6-10H2,(H,13,15);8H,3-7,9H2,1-2H3;6H,4-5H2,1-3H3;6H,1-5H2;4H,1-3H3. The molecular weight excluding hydrogens is 1830 g/mol. The zero-order valence-electron chi connectivity index (χ0n) is 84.8. The van der Waals surface area contributed by atoms with Crippen molar-refractivity contribution < 1.29 is 167 Å². The number of methoxy groups -OCH3 is 4. The third-order valence-electron chi connectivity index (χ3n) is 15.5. The molecule has 0 bridgehead atoms. The number of rotatable bonds is 70. The van der Waals surface area contributed by atoms with Crippen LogP contribution in [0.25, 0.3) is 0 Å². The predicted molar refractivity (Wildman–Crippen MR) is 520 cm³/mol. The second-order valence-electron chi connectivity index (χ2n) is 29.6. The van der Waals surface area contributed by atoms with Gasteiger partial charge in [0.2, 0.25) is 5.91 Å². The van der Waals surface area contributed by atoms with Gasteiger partial charge in [0.25, 0.3) is 0 Å². The van der Waals surface area contributed by atoms with E-state index in [1.54, 1.807) is 56.1 Å². The fourth-order valence-corrected chi connectivity index (χ4v) is 8.54. The molecule has 4 aromatic carbocycles. The Hall–Kier alpha value is -9.08. The summed E-state index contributed by atoms with van der Waals surface area (Å²) >= 11 is 0. The molecule has 0 spiro atoms. The Morgan fingerprint density at radius 2 is 0.576 bits per heavy atom. The predicted octanol–water partition coefficient (Wildman–Crippen LogP) is 7.15. The number of hydrogen-bond donors (Lipinski definition) is 11. The lowest BCUT2D eigenvalue weighted by atomic mass is 10.1. The van der Waals surface area contributed by atoms with Crippen LogP contribution < -0.4 is 43.8 Å². The first kappa shape index (κ1) is 138. The smallest absolute Gasteiger partial charge is 0.407 e. The average Bonchev–Trinajstić information content (AvgIpc) is 0.970. The van der Waals surface area contributed by atoms with Gasteiger partial charge in [0, 0.05) is 80.8 Å². The Morgan fingerprint density at radius 1 is 0.324 bits per heavy atom. The number of ether oxygens (including phenoxy) is 24. The molecule has 0 aromatic heterocycles. The van der Waals surface area contributed by atoms with Crippen molar-refractivity contribution in [1.82, 2.24) is 26.6 Å². The van der Waals surface area contributed by atoms with Crippen LogP contribution in [0, 0.1) is 11.8 Å². The molecule has 5 amide bonds. The SMILES string of the molecule is CC(C)(C)OC(=O)COCCOCCNC(=O)OCc1ccccc1.CC(C)C.CCC(C)CC.CCOC(=O)COCCOCCNC(=O)OCc1ccccc1.COC(COCCOCCN)OC.COC(COCCOCCNC(=O)COCCOCCN)OC.NCCOCCO.O=C(NCCOCCO)OCc1ccccc1.O=C(O)COCCOCCNC(=O)OCc1ccccc1. The number of hydrogen-bond acceptors (Lipinski definition) is 37. The lowest BCUT2D eigenvalue weighted by Gasteiger charge is -2.19. The Labute approximate surface area is 823 Å². The topological polar surface area (TPSA) is 557 Å². The summed E-state index contributed by atoms with van der Waals surface area (Å²) in [5, 5.41) is 37.8. The highest BCUT2D eigenvalue weighted by molar-refractivity contribution is 5.77. The van der Waals surface area contributed by atoms with Gasteiger partial charge in [0.1, 0.15) is 58.5 Å². The summed E-state index contributed by atoms with van der Waals surface area (Å²) in [4.78, 5) is 89.4. The van der Waals surface area contributed by atoms with Gasteiger partial charge in [-0.2, -0.15) is 0 Å². The highest BCUT2D eigenvalue weighted by Gasteiger charge is 2.17. The van der Waals surface area contributed by atoms with Crippen molar-refractivity contribution in [3.05, 3.63) is 144 Å². The summed E-state index contributed by atoms with van der Waals surface area (Å²) in [5.74, 6) is -0.236. The molecule has 0 aliphatic carbocycles. The van der Waals surface area contributed by atoms with Crippen LogP contribution in [0.2, 0.25) is 0 Å². The minimum Gasteiger partial charge on any atom is -0.480 e. The third kappa shape index (κ3) is 116. The molecule has 4 rings (SSSR count). The molecule has 0 fully saturated rings. The number of aliphatic hydroxyl groups is 2. The molecule has 43 nitrogen and oxygen atoms in total. The Kier molecular flexibility index (Phi) is 109. The molecule has 0 atom stereocenters. The first-order valence-electron chi connectivity index (χ1n) is 46.3. The van der Waals surface area contributed by atoms with Gasteiger partial charge >= 0.3 is 42.3 Å². The molecule has 14 N–H and O–H groups in total. The molecule has 139 heavy (non-hydrogen) atoms. The molecule has 804 valence electrons. The van der Waals surface area contributed by atoms with Gasteiger partial charge < -0.3 is 173 Å². The van der Waals surface area contributed by atoms with Crippen molar-refractivity contribution in [2.45, 2.75) is 127 Å². The zero-order chi connectivity index (χ0) is 104. The van der Waals surface area contributed by atoms with Crippen LogP contribution in [0.1, 0.15) is 104 Å². The third-order valence-corrected chi connectivity index (χ3v) is 15.5. The molecule has 0 aliphatic heterocycles. The van der Waals surface area contributed by atoms with E-state index in [-0.39, 0.29) is 118 Å². The van der Waals surface area contributed by atoms with E-state index in [1.807, 2.05) is 121 Å². The zero-order valence-corrected chi connectivity index (χ0v) is 84.8. The first-order valence-corrected chi connectivity index (χ1v) is 46.3. The number of benzene rings is 4. The monoisotopic (exact) mass is 2000 g/mol. The number of esters is 2. The number of aliphatic carboxylic acids is 1. The largest absolute Gasteiger partial charge is 0.480 e. The normalized spacial score (nSPS) is 10.4. The van der Waals surface area contributed by atoms with E-state index in [0.717, 1.165) is 34.1 Å². The van der Waals surface area contributed by atoms with Crippen molar-refractivity contribution in [1.29, 1.82) is 0 Å². The van der Waals surface area contributed by atoms with Gasteiger partial charge in [-0.25, -0.2) is 33.6 Å². The van der Waals surface area contributed by atoms with Crippen LogP contribution in [0.4, 0.5) is 19.2 Å². The fraction of sp³-hybridized carbons (Fsp3) is 0.667. The van der Waals surface area contributed by atoms with Gasteiger partial charge in [0.15, 0.2) is 12.6 Å². The minimum atomic E-state index is -1.02. The molecule has 0 radical (unpaired) electrons. The van der Waals surface area contributed by atoms with Gasteiger partial charge in [-0.3, -0.25) is 4.79 Å². The molecule has 4 aromatic rings. The van der Waals surface area contributed by atoms with E-state index in [9.17, 15) is 38.4 Å². The number of amides is 5. The maximum Gasteiger partial charge on any atom is 0.407 e. The Morgan fingerprint density at radius 3 is 0.835 bits per heavy atom. The number of aliphatic hydroxyl groups excluding tert-OH is 2. The van der Waals surface area contributed by atoms with E-state index in [1.165, 1.54) is 12.8 Å². The summed E-state index contributed by atoms with van der Waals surface area (Å²) in [6.45, 7) is 33.7. The number of nitrogens with one attached hydrogen (secondary N) is 5. The average molecular weight is 2000 g/mol. The van der Waals surface area contributed by atoms with Crippen molar-refractivity contribution in [2.24, 2.45) is 29.0 Å². The number of carboxylic acid groups (broad SMARTS) is 1. The first-order chi connectivity index (χ1) is 67.1. The van der Waals surface area contributed by atoms with Gasteiger partial charge in [0.05, 0.1) is 178 Å². The summed E-state index contributed by atoms with van der Waals surface area (Å²) in [6, 6.07) is 37.7. The van der Waals surface area contributed by atoms with E-state index in [4.69, 9.17) is 146 Å². The van der Waals surface area contributed by atoms with Crippen LogP contribution in [0.5, 0.6) is 0 Å². The number of nitrogens with two attached hydrogens (primary N) is 3. The summed E-state index contributed by atoms with van der Waals surface area (Å²) in [7, 11) is 6.24. The van der Waals surface area contributed by atoms with Crippen LogP contribution in [0.3, 0.4) is 0 Å². The molecule has 43 heteroatoms. The number of alkyl carbamates (subject to hydrolysis) is 4. The fourth-order valence-electron chi connectivity index (χ4n) is 8.54. The summed E-state index contributed by atoms with van der Waals surface area (Å²) < 4.78 is 121. The van der Waals surface area contributed by atoms with E-state index >= 15 is 0 Å². The van der Waals surface area contributed by atoms with Crippen molar-refractivity contribution in [2.75, 3.05) is 286 Å². The van der Waals surface area contributed by atoms with Gasteiger partial charge in [-0.15, -0.1) is 0 Å². The molecule has 0 saturated carbocycles. The molecule has 0 saturated heterocycles. The second kappa shape index (κ2) is 109. The number of carbonyl (C=O) groups excluding carboxylic acids is 7. The molecule has 0 aliphatic rings. The maximum absolute atomic E-state index is 11.5. The van der Waals surface area contributed by atoms with Crippen molar-refractivity contribution in [3.63, 3.8) is 0 Å². The van der Waals surface area contributed by atoms with Crippen LogP contribution in [-0.4, -0.2) is 367 Å². The van der Waals surface area contributed by atoms with E-state index < -0.39 is 47.9 Å². The van der Waals surface area contributed by atoms with Crippen LogP contribution in [0.15, 0.2) is 121 Å². The highest BCUT2D eigenvalue weighted by atomic mass is 16.7. The molecule has 0 heterocycles. The van der Waals surface area contributed by atoms with E-state index in [2.05, 4.69) is 68.1 Å². The van der Waals surface area contributed by atoms with E-state index in [0.29, 0.717) is 184 Å². The van der Waals surface area contributed by atoms with Gasteiger partial charge in [-0.1, -0.05) is 176 Å². The van der Waals surface area contributed by atoms with Gasteiger partial charge in [-0.05, 0) is 61.8 Å². The van der Waals surface area contributed by atoms with Crippen molar-refractivity contribution in [3.8, 4) is 0 Å². The van der Waals surface area contributed by atoms with Crippen LogP contribution in [-0.2, 0) is 159 Å². The lowest BCUT2D eigenvalue weighted by molar-refractivity contribution is -0.160. The summed E-state index contributed by atoms with van der Waals surface area (Å²) in [6.07, 6.45) is 0.0349. The van der Waals surface area contributed by atoms with Crippen molar-refractivity contribution >= 4 is 48.2 Å². The maximum atomic E-state index is 11.5. The lowest BCUT2D eigenvalue weighted by Crippen LogP contribution is -2.31. The van der Waals surface area contributed by atoms with Crippen LogP contribution >= 0.6 is 0 Å². The quantitative estimate of drug-likeness (QED) is 0.00904. The molecular formula is C96H170N8O35.